The van der Waals surface area contributed by atoms with Crippen LogP contribution in [-0.4, -0.2) is 35.7 Å². The van der Waals surface area contributed by atoms with Crippen LogP contribution in [0, 0.1) is 0 Å². The van der Waals surface area contributed by atoms with E-state index in [4.69, 9.17) is 0 Å². The van der Waals surface area contributed by atoms with Crippen molar-refractivity contribution in [3.05, 3.63) is 76.9 Å². The molecule has 0 aliphatic carbocycles. The van der Waals surface area contributed by atoms with Gasteiger partial charge in [-0.1, -0.05) is 42.8 Å². The van der Waals surface area contributed by atoms with Gasteiger partial charge in [0.1, 0.15) is 0 Å². The van der Waals surface area contributed by atoms with Crippen LogP contribution in [0.1, 0.15) is 42.3 Å². The maximum Gasteiger partial charge on any atom is 0.251 e. The number of hydrogen-bond acceptors (Lipinski definition) is 3. The molecule has 1 aliphatic heterocycles. The van der Waals surface area contributed by atoms with E-state index in [-0.39, 0.29) is 5.91 Å². The van der Waals surface area contributed by atoms with E-state index >= 15 is 0 Å². The first kappa shape index (κ1) is 20.7. The highest BCUT2D eigenvalue weighted by atomic mass is 32.2. The van der Waals surface area contributed by atoms with Crippen LogP contribution in [0.5, 0.6) is 0 Å². The maximum atomic E-state index is 12.6. The number of nitrogens with zero attached hydrogens (tertiary/aromatic N) is 1. The lowest BCUT2D eigenvalue weighted by Crippen LogP contribution is -2.47. The van der Waals surface area contributed by atoms with E-state index in [9.17, 15) is 4.79 Å². The summed E-state index contributed by atoms with van der Waals surface area (Å²) in [6, 6.07) is 16.9. The highest BCUT2D eigenvalue weighted by molar-refractivity contribution is 7.99. The molecular weight excluding hydrogens is 364 g/mol. The van der Waals surface area contributed by atoms with Gasteiger partial charge in [-0.05, 0) is 61.4 Å². The number of fused-ring (bicyclic) bond motifs is 1. The molecule has 1 aliphatic rings. The van der Waals surface area contributed by atoms with Crippen LogP contribution in [0.4, 0.5) is 0 Å². The third kappa shape index (κ3) is 5.49. The highest BCUT2D eigenvalue weighted by Crippen LogP contribution is 2.23. The molecule has 0 bridgehead atoms. The maximum absolute atomic E-state index is 12.6. The molecule has 0 saturated heterocycles. The number of hydrogen-bond donors (Lipinski definition) is 1. The van der Waals surface area contributed by atoms with Gasteiger partial charge in [-0.3, -0.25) is 9.69 Å². The molecule has 0 fully saturated rings. The van der Waals surface area contributed by atoms with Gasteiger partial charge in [0, 0.05) is 36.1 Å². The lowest BCUT2D eigenvalue weighted by molar-refractivity contribution is 0.0930. The summed E-state index contributed by atoms with van der Waals surface area (Å²) in [6.45, 7) is 8.91. The Bertz CT molecular complexity index is 825. The average Bonchev–Trinajstić information content (AvgIpc) is 2.70. The molecule has 1 amide bonds. The predicted octanol–water partition coefficient (Wildman–Crippen LogP) is 4.92. The third-order valence-corrected chi connectivity index (χ3v) is 6.02. The van der Waals surface area contributed by atoms with Crippen molar-refractivity contribution in [1.82, 2.24) is 10.2 Å². The van der Waals surface area contributed by atoms with Gasteiger partial charge in [-0.15, -0.1) is 11.8 Å². The fourth-order valence-electron chi connectivity index (χ4n) is 3.54. The standard InChI is InChI=1S/C24H30N2OS/c1-4-28-23-11-9-19(10-12-23)24(27)25-16-22-15-20-7-5-6-8-21(20)17-26(22)14-13-18(2)3/h5-13,22H,4,14-17H2,1-3H3,(H,25,27). The van der Waals surface area contributed by atoms with Crippen molar-refractivity contribution in [2.24, 2.45) is 0 Å². The van der Waals surface area contributed by atoms with Crippen LogP contribution in [0.15, 0.2) is 65.1 Å². The van der Waals surface area contributed by atoms with E-state index in [1.54, 1.807) is 11.8 Å². The third-order valence-electron chi connectivity index (χ3n) is 5.12. The Labute approximate surface area is 173 Å². The molecule has 1 N–H and O–H groups in total. The van der Waals surface area contributed by atoms with Gasteiger partial charge in [0.15, 0.2) is 0 Å². The Morgan fingerprint density at radius 2 is 1.86 bits per heavy atom. The van der Waals surface area contributed by atoms with Crippen LogP contribution in [0.25, 0.3) is 0 Å². The Morgan fingerprint density at radius 3 is 2.54 bits per heavy atom. The normalized spacial score (nSPS) is 16.3. The van der Waals surface area contributed by atoms with Gasteiger partial charge in [0.2, 0.25) is 0 Å². The fourth-order valence-corrected chi connectivity index (χ4v) is 4.20. The number of carbonyl (C=O) groups excluding carboxylic acids is 1. The largest absolute Gasteiger partial charge is 0.350 e. The zero-order chi connectivity index (χ0) is 19.9. The zero-order valence-electron chi connectivity index (χ0n) is 17.1. The molecule has 0 spiro atoms. The second kappa shape index (κ2) is 9.94. The number of rotatable bonds is 7. The number of benzene rings is 2. The molecule has 0 radical (unpaired) electrons. The molecule has 148 valence electrons. The number of carbonyl (C=O) groups is 1. The monoisotopic (exact) mass is 394 g/mol. The summed E-state index contributed by atoms with van der Waals surface area (Å²) < 4.78 is 0. The SMILES string of the molecule is CCSc1ccc(C(=O)NCC2Cc3ccccc3CN2CC=C(C)C)cc1. The summed E-state index contributed by atoms with van der Waals surface area (Å²) in [4.78, 5) is 16.3. The number of thioether (sulfide) groups is 1. The van der Waals surface area contributed by atoms with Crippen molar-refractivity contribution in [2.45, 2.75) is 44.7 Å². The van der Waals surface area contributed by atoms with E-state index in [0.29, 0.717) is 12.6 Å². The molecular formula is C24H30N2OS. The second-order valence-electron chi connectivity index (χ2n) is 7.50. The van der Waals surface area contributed by atoms with Crippen molar-refractivity contribution in [1.29, 1.82) is 0 Å². The van der Waals surface area contributed by atoms with Crippen molar-refractivity contribution >= 4 is 17.7 Å². The van der Waals surface area contributed by atoms with Crippen molar-refractivity contribution in [3.63, 3.8) is 0 Å². The molecule has 3 nitrogen and oxygen atoms in total. The van der Waals surface area contributed by atoms with Crippen LogP contribution in [0.3, 0.4) is 0 Å². The summed E-state index contributed by atoms with van der Waals surface area (Å²) in [5, 5.41) is 3.16. The Kier molecular flexibility index (Phi) is 7.35. The molecule has 2 aromatic carbocycles. The van der Waals surface area contributed by atoms with Crippen LogP contribution in [0.2, 0.25) is 0 Å². The Morgan fingerprint density at radius 1 is 1.14 bits per heavy atom. The number of nitrogens with one attached hydrogen (secondary N) is 1. The van der Waals surface area contributed by atoms with Crippen molar-refractivity contribution < 1.29 is 4.79 Å². The number of amides is 1. The van der Waals surface area contributed by atoms with E-state index in [1.807, 2.05) is 24.3 Å². The first-order valence-corrected chi connectivity index (χ1v) is 11.0. The molecule has 2 aromatic rings. The summed E-state index contributed by atoms with van der Waals surface area (Å²) in [6.07, 6.45) is 3.24. The highest BCUT2D eigenvalue weighted by Gasteiger charge is 2.25. The van der Waals surface area contributed by atoms with E-state index in [1.165, 1.54) is 21.6 Å². The van der Waals surface area contributed by atoms with Crippen LogP contribution in [-0.2, 0) is 13.0 Å². The molecule has 1 atom stereocenters. The minimum Gasteiger partial charge on any atom is -0.350 e. The van der Waals surface area contributed by atoms with Gasteiger partial charge in [0.05, 0.1) is 0 Å². The van der Waals surface area contributed by atoms with Gasteiger partial charge >= 0.3 is 0 Å². The van der Waals surface area contributed by atoms with Gasteiger partial charge < -0.3 is 5.32 Å². The summed E-state index contributed by atoms with van der Waals surface area (Å²) >= 11 is 1.79. The molecule has 3 rings (SSSR count). The fraction of sp³-hybridized carbons (Fsp3) is 0.375. The molecule has 1 unspecified atom stereocenters. The molecule has 28 heavy (non-hydrogen) atoms. The lowest BCUT2D eigenvalue weighted by Gasteiger charge is -2.36. The first-order chi connectivity index (χ1) is 13.6. The summed E-state index contributed by atoms with van der Waals surface area (Å²) in [7, 11) is 0. The summed E-state index contributed by atoms with van der Waals surface area (Å²) in [5.74, 6) is 1.05. The van der Waals surface area contributed by atoms with E-state index in [2.05, 4.69) is 61.3 Å². The molecule has 0 aromatic heterocycles. The smallest absolute Gasteiger partial charge is 0.251 e. The minimum atomic E-state index is 0.00840. The number of allylic oxidation sites excluding steroid dienone is 1. The topological polar surface area (TPSA) is 32.3 Å². The predicted molar refractivity (Wildman–Crippen MR) is 119 cm³/mol. The van der Waals surface area contributed by atoms with Gasteiger partial charge in [0.25, 0.3) is 5.91 Å². The van der Waals surface area contributed by atoms with Crippen LogP contribution >= 0.6 is 11.8 Å². The van der Waals surface area contributed by atoms with E-state index in [0.717, 1.165) is 30.8 Å². The Hall–Kier alpha value is -2.04. The van der Waals surface area contributed by atoms with E-state index < -0.39 is 0 Å². The van der Waals surface area contributed by atoms with Gasteiger partial charge in [-0.2, -0.15) is 0 Å². The van der Waals surface area contributed by atoms with Crippen molar-refractivity contribution in [2.75, 3.05) is 18.8 Å². The molecule has 0 saturated carbocycles. The van der Waals surface area contributed by atoms with Gasteiger partial charge in [-0.25, -0.2) is 0 Å². The average molecular weight is 395 g/mol. The molecule has 1 heterocycles. The van der Waals surface area contributed by atoms with Crippen molar-refractivity contribution in [3.8, 4) is 0 Å². The zero-order valence-corrected chi connectivity index (χ0v) is 17.9. The lowest BCUT2D eigenvalue weighted by atomic mass is 9.93. The first-order valence-electron chi connectivity index (χ1n) is 10.0. The minimum absolute atomic E-state index is 0.00840. The summed E-state index contributed by atoms with van der Waals surface area (Å²) in [5.41, 5.74) is 4.85. The second-order valence-corrected chi connectivity index (χ2v) is 8.84. The Balaban J connectivity index is 1.66. The van der Waals surface area contributed by atoms with Crippen LogP contribution < -0.4 is 5.32 Å². The molecule has 4 heteroatoms. The quantitative estimate of drug-likeness (QED) is 0.534.